The molecule has 0 bridgehead atoms. The van der Waals surface area contributed by atoms with Crippen LogP contribution in [-0.2, 0) is 13.5 Å². The van der Waals surface area contributed by atoms with Crippen molar-refractivity contribution in [3.05, 3.63) is 47.7 Å². The fourth-order valence-electron chi connectivity index (χ4n) is 1.83. The van der Waals surface area contributed by atoms with Gasteiger partial charge >= 0.3 is 0 Å². The SMILES string of the molecule is Cc1nn(C)c(CC(=O)c2cc(Br)ccc2I)c1Br. The predicted molar refractivity (Wildman–Crippen MR) is 90.5 cm³/mol. The standard InChI is InChI=1S/C13H11Br2IN2O/c1-7-13(15)11(18(2)17-7)6-12(19)9-5-8(14)3-4-10(9)16/h3-5H,6H2,1-2H3. The quantitative estimate of drug-likeness (QED) is 0.468. The Bertz CT molecular complexity index is 652. The largest absolute Gasteiger partial charge is 0.294 e. The molecule has 6 heteroatoms. The van der Waals surface area contributed by atoms with Gasteiger partial charge in [-0.25, -0.2) is 0 Å². The number of carbonyl (C=O) groups excluding carboxylic acids is 1. The third-order valence-electron chi connectivity index (χ3n) is 2.82. The molecule has 1 aromatic carbocycles. The van der Waals surface area contributed by atoms with Crippen molar-refractivity contribution in [2.75, 3.05) is 0 Å². The lowest BCUT2D eigenvalue weighted by Crippen LogP contribution is -2.09. The van der Waals surface area contributed by atoms with E-state index in [2.05, 4.69) is 59.5 Å². The minimum atomic E-state index is 0.0920. The van der Waals surface area contributed by atoms with E-state index in [9.17, 15) is 4.79 Å². The van der Waals surface area contributed by atoms with Gasteiger partial charge in [-0.05, 0) is 63.6 Å². The topological polar surface area (TPSA) is 34.9 Å². The molecule has 1 heterocycles. The van der Waals surface area contributed by atoms with Crippen molar-refractivity contribution in [2.24, 2.45) is 7.05 Å². The molecule has 3 nitrogen and oxygen atoms in total. The van der Waals surface area contributed by atoms with E-state index in [4.69, 9.17) is 0 Å². The second-order valence-corrected chi connectivity index (χ2v) is 7.06. The lowest BCUT2D eigenvalue weighted by atomic mass is 10.1. The van der Waals surface area contributed by atoms with Crippen LogP contribution in [0.2, 0.25) is 0 Å². The molecule has 1 aromatic heterocycles. The van der Waals surface area contributed by atoms with E-state index in [-0.39, 0.29) is 5.78 Å². The van der Waals surface area contributed by atoms with E-state index in [1.54, 1.807) is 4.68 Å². The summed E-state index contributed by atoms with van der Waals surface area (Å²) in [5.74, 6) is 0.0920. The number of Topliss-reactive ketones (excluding diaryl/α,β-unsaturated/α-hetero) is 1. The zero-order chi connectivity index (χ0) is 14.2. The highest BCUT2D eigenvalue weighted by Gasteiger charge is 2.17. The van der Waals surface area contributed by atoms with Gasteiger partial charge in [-0.15, -0.1) is 0 Å². The Morgan fingerprint density at radius 2 is 2.11 bits per heavy atom. The Morgan fingerprint density at radius 3 is 2.68 bits per heavy atom. The van der Waals surface area contributed by atoms with Crippen LogP contribution in [0.25, 0.3) is 0 Å². The molecule has 0 radical (unpaired) electrons. The molecule has 19 heavy (non-hydrogen) atoms. The lowest BCUT2D eigenvalue weighted by molar-refractivity contribution is 0.0989. The van der Waals surface area contributed by atoms with E-state index in [1.807, 2.05) is 32.2 Å². The molecule has 2 aromatic rings. The summed E-state index contributed by atoms with van der Waals surface area (Å²) in [6, 6.07) is 5.73. The van der Waals surface area contributed by atoms with Crippen molar-refractivity contribution in [2.45, 2.75) is 13.3 Å². The Hall–Kier alpha value is -0.210. The van der Waals surface area contributed by atoms with Crippen molar-refractivity contribution in [3.8, 4) is 0 Å². The van der Waals surface area contributed by atoms with Crippen LogP contribution in [0.4, 0.5) is 0 Å². The number of benzene rings is 1. The summed E-state index contributed by atoms with van der Waals surface area (Å²) in [6.45, 7) is 1.92. The Labute approximate surface area is 142 Å². The van der Waals surface area contributed by atoms with Crippen LogP contribution in [-0.4, -0.2) is 15.6 Å². The van der Waals surface area contributed by atoms with Gasteiger partial charge in [0, 0.05) is 20.7 Å². The van der Waals surface area contributed by atoms with Crippen LogP contribution in [0.5, 0.6) is 0 Å². The third-order valence-corrected chi connectivity index (χ3v) is 5.28. The monoisotopic (exact) mass is 496 g/mol. The van der Waals surface area contributed by atoms with E-state index < -0.39 is 0 Å². The maximum absolute atomic E-state index is 12.4. The summed E-state index contributed by atoms with van der Waals surface area (Å²) in [5.41, 5.74) is 2.54. The summed E-state index contributed by atoms with van der Waals surface area (Å²) in [6.07, 6.45) is 0.338. The van der Waals surface area contributed by atoms with Gasteiger partial charge in [0.15, 0.2) is 5.78 Å². The average molecular weight is 498 g/mol. The van der Waals surface area contributed by atoms with Gasteiger partial charge in [0.1, 0.15) is 0 Å². The number of hydrogen-bond acceptors (Lipinski definition) is 2. The van der Waals surface area contributed by atoms with Crippen molar-refractivity contribution in [1.29, 1.82) is 0 Å². The number of aryl methyl sites for hydroxylation is 2. The highest BCUT2D eigenvalue weighted by molar-refractivity contribution is 14.1. The molecular formula is C13H11Br2IN2O. The molecular weight excluding hydrogens is 487 g/mol. The molecule has 0 amide bonds. The molecule has 0 atom stereocenters. The van der Waals surface area contributed by atoms with E-state index in [0.29, 0.717) is 6.42 Å². The summed E-state index contributed by atoms with van der Waals surface area (Å²) in [5, 5.41) is 4.30. The lowest BCUT2D eigenvalue weighted by Gasteiger charge is -2.06. The molecule has 0 aliphatic rings. The smallest absolute Gasteiger partial charge is 0.169 e. The number of carbonyl (C=O) groups is 1. The van der Waals surface area contributed by atoms with Gasteiger partial charge < -0.3 is 0 Å². The van der Waals surface area contributed by atoms with E-state index >= 15 is 0 Å². The second-order valence-electron chi connectivity index (χ2n) is 4.19. The van der Waals surface area contributed by atoms with Gasteiger partial charge in [-0.2, -0.15) is 5.10 Å². The van der Waals surface area contributed by atoms with Crippen molar-refractivity contribution < 1.29 is 4.79 Å². The minimum absolute atomic E-state index is 0.0920. The zero-order valence-corrected chi connectivity index (χ0v) is 15.7. The average Bonchev–Trinajstić information content (AvgIpc) is 2.59. The van der Waals surface area contributed by atoms with Gasteiger partial charge in [0.2, 0.25) is 0 Å². The van der Waals surface area contributed by atoms with Crippen molar-refractivity contribution in [1.82, 2.24) is 9.78 Å². The van der Waals surface area contributed by atoms with Gasteiger partial charge in [0.05, 0.1) is 22.3 Å². The first-order chi connectivity index (χ1) is 8.90. The highest BCUT2D eigenvalue weighted by atomic mass is 127. The molecule has 0 N–H and O–H groups in total. The number of aromatic nitrogens is 2. The fourth-order valence-corrected chi connectivity index (χ4v) is 3.30. The third kappa shape index (κ3) is 3.28. The first-order valence-corrected chi connectivity index (χ1v) is 8.23. The van der Waals surface area contributed by atoms with Crippen LogP contribution in [0, 0.1) is 10.5 Å². The van der Waals surface area contributed by atoms with Gasteiger partial charge in [-0.1, -0.05) is 15.9 Å². The van der Waals surface area contributed by atoms with E-state index in [1.165, 1.54) is 0 Å². The normalized spacial score (nSPS) is 10.8. The maximum Gasteiger partial charge on any atom is 0.169 e. The number of hydrogen-bond donors (Lipinski definition) is 0. The number of ketones is 1. The maximum atomic E-state index is 12.4. The zero-order valence-electron chi connectivity index (χ0n) is 10.4. The first-order valence-electron chi connectivity index (χ1n) is 5.56. The summed E-state index contributed by atoms with van der Waals surface area (Å²) in [7, 11) is 1.85. The van der Waals surface area contributed by atoms with Crippen LogP contribution < -0.4 is 0 Å². The van der Waals surface area contributed by atoms with E-state index in [0.717, 1.165) is 29.5 Å². The molecule has 100 valence electrons. The number of rotatable bonds is 3. The fraction of sp³-hybridized carbons (Fsp3) is 0.231. The Morgan fingerprint density at radius 1 is 1.42 bits per heavy atom. The number of halogens is 3. The molecule has 0 saturated heterocycles. The molecule has 0 saturated carbocycles. The van der Waals surface area contributed by atoms with Crippen molar-refractivity contribution in [3.63, 3.8) is 0 Å². The molecule has 0 spiro atoms. The van der Waals surface area contributed by atoms with Crippen molar-refractivity contribution >= 4 is 60.2 Å². The van der Waals surface area contributed by atoms with Crippen LogP contribution >= 0.6 is 54.5 Å². The second kappa shape index (κ2) is 6.05. The Balaban J connectivity index is 2.33. The first kappa shape index (κ1) is 15.2. The summed E-state index contributed by atoms with van der Waals surface area (Å²) >= 11 is 9.07. The minimum Gasteiger partial charge on any atom is -0.294 e. The highest BCUT2D eigenvalue weighted by Crippen LogP contribution is 2.24. The van der Waals surface area contributed by atoms with Gasteiger partial charge in [0.25, 0.3) is 0 Å². The Kier molecular flexibility index (Phi) is 4.84. The van der Waals surface area contributed by atoms with Gasteiger partial charge in [-0.3, -0.25) is 9.48 Å². The molecule has 0 aliphatic heterocycles. The molecule has 2 rings (SSSR count). The predicted octanol–water partition coefficient (Wildman–Crippen LogP) is 4.28. The summed E-state index contributed by atoms with van der Waals surface area (Å²) < 4.78 is 4.54. The molecule has 0 unspecified atom stereocenters. The molecule has 0 fully saturated rings. The summed E-state index contributed by atoms with van der Waals surface area (Å²) in [4.78, 5) is 12.4. The number of nitrogens with zero attached hydrogens (tertiary/aromatic N) is 2. The van der Waals surface area contributed by atoms with Crippen LogP contribution in [0.3, 0.4) is 0 Å². The molecule has 0 aliphatic carbocycles. The van der Waals surface area contributed by atoms with Crippen LogP contribution in [0.1, 0.15) is 21.7 Å². The van der Waals surface area contributed by atoms with Crippen LogP contribution in [0.15, 0.2) is 27.1 Å².